The highest BCUT2D eigenvalue weighted by Gasteiger charge is 2.31. The normalized spacial score (nSPS) is 20.6. The number of amides is 1. The van der Waals surface area contributed by atoms with Crippen LogP contribution in [-0.4, -0.2) is 23.2 Å². The molecule has 1 amide bonds. The van der Waals surface area contributed by atoms with Gasteiger partial charge in [-0.25, -0.2) is 4.98 Å². The molecular formula is C11H13BrN2OS. The maximum atomic E-state index is 11.9. The van der Waals surface area contributed by atoms with Crippen LogP contribution in [0.5, 0.6) is 0 Å². The van der Waals surface area contributed by atoms with Crippen LogP contribution in [0.4, 0.5) is 5.69 Å². The topological polar surface area (TPSA) is 33.2 Å². The van der Waals surface area contributed by atoms with Crippen LogP contribution in [-0.2, 0) is 4.79 Å². The number of aromatic nitrogens is 1. The van der Waals surface area contributed by atoms with Gasteiger partial charge in [-0.15, -0.1) is 0 Å². The highest BCUT2D eigenvalue weighted by atomic mass is 79.9. The largest absolute Gasteiger partial charge is 0.309 e. The van der Waals surface area contributed by atoms with Crippen molar-refractivity contribution in [3.8, 4) is 0 Å². The third-order valence-corrected chi connectivity index (χ3v) is 3.91. The van der Waals surface area contributed by atoms with Crippen LogP contribution in [0.15, 0.2) is 16.9 Å². The second kappa shape index (κ2) is 4.75. The predicted octanol–water partition coefficient (Wildman–Crippen LogP) is 2.44. The fourth-order valence-electron chi connectivity index (χ4n) is 1.96. The van der Waals surface area contributed by atoms with Gasteiger partial charge in [0.2, 0.25) is 5.91 Å². The second-order valence-electron chi connectivity index (χ2n) is 4.02. The average Bonchev–Trinajstić information content (AvgIpc) is 2.60. The van der Waals surface area contributed by atoms with Gasteiger partial charge in [0.25, 0.3) is 0 Å². The summed E-state index contributed by atoms with van der Waals surface area (Å²) in [4.78, 5) is 17.9. The molecule has 0 radical (unpaired) electrons. The smallest absolute Gasteiger partial charge is 0.227 e. The van der Waals surface area contributed by atoms with Crippen molar-refractivity contribution in [1.29, 1.82) is 0 Å². The number of thiol groups is 1. The standard InChI is InChI=1S/C11H13BrN2OS/c1-7-2-3-13-11(12)10(7)14-5-8(6-16)4-9(14)15/h2-3,8,16H,4-6H2,1H3. The summed E-state index contributed by atoms with van der Waals surface area (Å²) in [6, 6.07) is 1.92. The summed E-state index contributed by atoms with van der Waals surface area (Å²) in [7, 11) is 0. The van der Waals surface area contributed by atoms with E-state index in [2.05, 4.69) is 33.5 Å². The Morgan fingerprint density at radius 1 is 1.69 bits per heavy atom. The molecule has 1 saturated heterocycles. The van der Waals surface area contributed by atoms with Gasteiger partial charge in [0, 0.05) is 19.2 Å². The Morgan fingerprint density at radius 3 is 3.00 bits per heavy atom. The molecule has 2 heterocycles. The van der Waals surface area contributed by atoms with Crippen molar-refractivity contribution >= 4 is 40.2 Å². The summed E-state index contributed by atoms with van der Waals surface area (Å²) in [5, 5.41) is 0. The van der Waals surface area contributed by atoms with E-state index in [1.807, 2.05) is 17.9 Å². The van der Waals surface area contributed by atoms with E-state index in [1.165, 1.54) is 0 Å². The van der Waals surface area contributed by atoms with Gasteiger partial charge in [-0.3, -0.25) is 4.79 Å². The van der Waals surface area contributed by atoms with Crippen LogP contribution in [0.2, 0.25) is 0 Å². The molecule has 5 heteroatoms. The lowest BCUT2D eigenvalue weighted by Gasteiger charge is -2.19. The number of anilines is 1. The number of hydrogen-bond acceptors (Lipinski definition) is 3. The zero-order chi connectivity index (χ0) is 11.7. The van der Waals surface area contributed by atoms with E-state index >= 15 is 0 Å². The monoisotopic (exact) mass is 300 g/mol. The Balaban J connectivity index is 2.35. The maximum Gasteiger partial charge on any atom is 0.227 e. The highest BCUT2D eigenvalue weighted by Crippen LogP contribution is 2.32. The quantitative estimate of drug-likeness (QED) is 0.672. The van der Waals surface area contributed by atoms with E-state index in [-0.39, 0.29) is 5.91 Å². The molecule has 3 nitrogen and oxygen atoms in total. The van der Waals surface area contributed by atoms with Crippen molar-refractivity contribution in [3.05, 3.63) is 22.4 Å². The third kappa shape index (κ3) is 2.11. The summed E-state index contributed by atoms with van der Waals surface area (Å²) in [5.74, 6) is 1.26. The first kappa shape index (κ1) is 11.9. The number of hydrogen-bond donors (Lipinski definition) is 1. The molecule has 1 aliphatic rings. The molecule has 86 valence electrons. The number of aryl methyl sites for hydroxylation is 1. The van der Waals surface area contributed by atoms with Gasteiger partial charge in [-0.1, -0.05) is 0 Å². The van der Waals surface area contributed by atoms with Gasteiger partial charge in [0.05, 0.1) is 5.69 Å². The molecule has 1 aliphatic heterocycles. The first-order valence-corrected chi connectivity index (χ1v) is 6.58. The van der Waals surface area contributed by atoms with Crippen LogP contribution < -0.4 is 4.90 Å². The first-order chi connectivity index (χ1) is 7.63. The Kier molecular flexibility index (Phi) is 3.54. The number of carbonyl (C=O) groups is 1. The minimum absolute atomic E-state index is 0.163. The lowest BCUT2D eigenvalue weighted by Crippen LogP contribution is -2.26. The molecule has 0 aromatic carbocycles. The SMILES string of the molecule is Cc1ccnc(Br)c1N1CC(CS)CC1=O. The molecule has 1 aromatic heterocycles. The lowest BCUT2D eigenvalue weighted by atomic mass is 10.1. The molecule has 0 spiro atoms. The molecule has 2 rings (SSSR count). The van der Waals surface area contributed by atoms with Gasteiger partial charge in [-0.2, -0.15) is 12.6 Å². The van der Waals surface area contributed by atoms with Gasteiger partial charge in [0.15, 0.2) is 0 Å². The summed E-state index contributed by atoms with van der Waals surface area (Å²) in [6.45, 7) is 2.73. The first-order valence-electron chi connectivity index (χ1n) is 5.15. The van der Waals surface area contributed by atoms with Gasteiger partial charge >= 0.3 is 0 Å². The van der Waals surface area contributed by atoms with Crippen molar-refractivity contribution in [2.45, 2.75) is 13.3 Å². The van der Waals surface area contributed by atoms with Crippen molar-refractivity contribution in [2.75, 3.05) is 17.2 Å². The van der Waals surface area contributed by atoms with Gasteiger partial charge < -0.3 is 4.90 Å². The Morgan fingerprint density at radius 2 is 2.44 bits per heavy atom. The highest BCUT2D eigenvalue weighted by molar-refractivity contribution is 9.10. The zero-order valence-corrected chi connectivity index (χ0v) is 11.5. The molecule has 0 aliphatic carbocycles. The van der Waals surface area contributed by atoms with Crippen LogP contribution in [0.3, 0.4) is 0 Å². The molecule has 0 saturated carbocycles. The van der Waals surface area contributed by atoms with Crippen molar-refractivity contribution in [3.63, 3.8) is 0 Å². The lowest BCUT2D eigenvalue weighted by molar-refractivity contribution is -0.117. The van der Waals surface area contributed by atoms with Crippen LogP contribution in [0.1, 0.15) is 12.0 Å². The molecule has 16 heavy (non-hydrogen) atoms. The predicted molar refractivity (Wildman–Crippen MR) is 71.0 cm³/mol. The molecule has 0 bridgehead atoms. The minimum atomic E-state index is 0.163. The average molecular weight is 301 g/mol. The summed E-state index contributed by atoms with van der Waals surface area (Å²) < 4.78 is 0.737. The number of pyridine rings is 1. The van der Waals surface area contributed by atoms with E-state index in [4.69, 9.17) is 0 Å². The van der Waals surface area contributed by atoms with E-state index in [9.17, 15) is 4.79 Å². The van der Waals surface area contributed by atoms with E-state index in [0.717, 1.165) is 28.2 Å². The fraction of sp³-hybridized carbons (Fsp3) is 0.455. The second-order valence-corrected chi connectivity index (χ2v) is 5.14. The fourth-order valence-corrected chi connectivity index (χ4v) is 2.85. The maximum absolute atomic E-state index is 11.9. The number of carbonyl (C=O) groups excluding carboxylic acids is 1. The molecule has 1 aromatic rings. The number of halogens is 1. The molecule has 1 unspecified atom stereocenters. The zero-order valence-electron chi connectivity index (χ0n) is 8.98. The van der Waals surface area contributed by atoms with E-state index in [0.29, 0.717) is 12.3 Å². The van der Waals surface area contributed by atoms with Gasteiger partial charge in [0.1, 0.15) is 4.60 Å². The Labute approximate surface area is 109 Å². The summed E-state index contributed by atoms with van der Waals surface area (Å²) >= 11 is 7.66. The van der Waals surface area contributed by atoms with E-state index in [1.54, 1.807) is 6.20 Å². The van der Waals surface area contributed by atoms with Crippen LogP contribution in [0, 0.1) is 12.8 Å². The van der Waals surface area contributed by atoms with Crippen molar-refractivity contribution < 1.29 is 4.79 Å². The molecule has 0 N–H and O–H groups in total. The molecule has 1 fully saturated rings. The summed E-state index contributed by atoms with van der Waals surface area (Å²) in [6.07, 6.45) is 2.32. The van der Waals surface area contributed by atoms with Crippen LogP contribution in [0.25, 0.3) is 0 Å². The van der Waals surface area contributed by atoms with E-state index < -0.39 is 0 Å². The number of rotatable bonds is 2. The minimum Gasteiger partial charge on any atom is -0.309 e. The van der Waals surface area contributed by atoms with Gasteiger partial charge in [-0.05, 0) is 46.2 Å². The van der Waals surface area contributed by atoms with Crippen molar-refractivity contribution in [2.24, 2.45) is 5.92 Å². The molecular weight excluding hydrogens is 288 g/mol. The summed E-state index contributed by atoms with van der Waals surface area (Å²) in [5.41, 5.74) is 1.96. The molecule has 1 atom stereocenters. The third-order valence-electron chi connectivity index (χ3n) is 2.81. The van der Waals surface area contributed by atoms with Crippen LogP contribution >= 0.6 is 28.6 Å². The van der Waals surface area contributed by atoms with Crippen molar-refractivity contribution in [1.82, 2.24) is 4.98 Å². The Bertz CT molecular complexity index is 404. The number of nitrogens with zero attached hydrogens (tertiary/aromatic N) is 2. The Hall–Kier alpha value is -0.550.